The van der Waals surface area contributed by atoms with Crippen LogP contribution in [0.3, 0.4) is 0 Å². The fourth-order valence-electron chi connectivity index (χ4n) is 4.65. The van der Waals surface area contributed by atoms with Crippen molar-refractivity contribution in [2.45, 2.75) is 19.5 Å². The third-order valence-corrected chi connectivity index (χ3v) is 7.09. The van der Waals surface area contributed by atoms with Crippen molar-refractivity contribution in [3.05, 3.63) is 65.2 Å². The van der Waals surface area contributed by atoms with Gasteiger partial charge in [-0.25, -0.2) is 0 Å². The summed E-state index contributed by atoms with van der Waals surface area (Å²) in [7, 11) is 0. The summed E-state index contributed by atoms with van der Waals surface area (Å²) in [5.74, 6) is 0.142. The molecule has 2 aromatic rings. The van der Waals surface area contributed by atoms with E-state index in [1.165, 1.54) is 5.56 Å². The van der Waals surface area contributed by atoms with Crippen LogP contribution in [-0.2, 0) is 16.1 Å². The first-order valence-corrected chi connectivity index (χ1v) is 12.4. The monoisotopic (exact) mass is 483 g/mol. The van der Waals surface area contributed by atoms with Gasteiger partial charge in [0.15, 0.2) is 0 Å². The molecule has 8 heteroatoms. The molecule has 2 aliphatic heterocycles. The van der Waals surface area contributed by atoms with Crippen LogP contribution in [0.1, 0.15) is 12.5 Å². The van der Waals surface area contributed by atoms with E-state index in [0.29, 0.717) is 17.3 Å². The van der Waals surface area contributed by atoms with Crippen LogP contribution in [0, 0.1) is 0 Å². The van der Waals surface area contributed by atoms with Crippen LogP contribution in [0.25, 0.3) is 0 Å². The number of rotatable bonds is 7. The number of nitrogens with zero attached hydrogens (tertiary/aromatic N) is 4. The summed E-state index contributed by atoms with van der Waals surface area (Å²) in [5.41, 5.74) is 1.95. The Morgan fingerprint density at radius 2 is 1.47 bits per heavy atom. The van der Waals surface area contributed by atoms with Crippen molar-refractivity contribution in [1.29, 1.82) is 0 Å². The van der Waals surface area contributed by atoms with Gasteiger partial charge >= 0.3 is 0 Å². The van der Waals surface area contributed by atoms with Gasteiger partial charge < -0.3 is 10.2 Å². The number of para-hydroxylation sites is 1. The van der Waals surface area contributed by atoms with Gasteiger partial charge in [0.2, 0.25) is 11.8 Å². The molecule has 2 saturated heterocycles. The molecule has 1 atom stereocenters. The molecule has 0 saturated carbocycles. The molecule has 1 N–H and O–H groups in total. The average molecular weight is 484 g/mol. The maximum absolute atomic E-state index is 13.1. The third-order valence-electron chi connectivity index (χ3n) is 6.76. The van der Waals surface area contributed by atoms with Crippen molar-refractivity contribution in [2.24, 2.45) is 0 Å². The van der Waals surface area contributed by atoms with E-state index in [0.717, 1.165) is 58.9 Å². The molecule has 2 fully saturated rings. The van der Waals surface area contributed by atoms with Gasteiger partial charge in [0.1, 0.15) is 0 Å². The van der Waals surface area contributed by atoms with E-state index in [4.69, 9.17) is 11.6 Å². The molecule has 2 heterocycles. The lowest BCUT2D eigenvalue weighted by Gasteiger charge is -2.41. The van der Waals surface area contributed by atoms with Gasteiger partial charge in [-0.05, 0) is 24.6 Å². The van der Waals surface area contributed by atoms with Gasteiger partial charge in [-0.3, -0.25) is 24.3 Å². The SMILES string of the molecule is CC(C(=O)N1CCN(Cc2ccccc2)CC1)N1CCN(CC(=O)Nc2ccccc2Cl)CC1. The number of carbonyl (C=O) groups is 2. The van der Waals surface area contributed by atoms with E-state index in [-0.39, 0.29) is 17.9 Å². The zero-order valence-corrected chi connectivity index (χ0v) is 20.6. The predicted octanol–water partition coefficient (Wildman–Crippen LogP) is 2.63. The Labute approximate surface area is 207 Å². The van der Waals surface area contributed by atoms with E-state index < -0.39 is 0 Å². The topological polar surface area (TPSA) is 59.1 Å². The zero-order valence-electron chi connectivity index (χ0n) is 19.8. The van der Waals surface area contributed by atoms with E-state index in [1.807, 2.05) is 30.0 Å². The highest BCUT2D eigenvalue weighted by Crippen LogP contribution is 2.20. The third kappa shape index (κ3) is 6.57. The molecule has 0 bridgehead atoms. The van der Waals surface area contributed by atoms with Crippen molar-refractivity contribution in [1.82, 2.24) is 19.6 Å². The molecule has 2 amide bonds. The van der Waals surface area contributed by atoms with Crippen LogP contribution in [0.4, 0.5) is 5.69 Å². The number of piperazine rings is 2. The molecule has 34 heavy (non-hydrogen) atoms. The lowest BCUT2D eigenvalue weighted by molar-refractivity contribution is -0.139. The van der Waals surface area contributed by atoms with Crippen LogP contribution in [0.15, 0.2) is 54.6 Å². The second kappa shape index (κ2) is 11.8. The second-order valence-corrected chi connectivity index (χ2v) is 9.51. The number of anilines is 1. The minimum atomic E-state index is -0.139. The van der Waals surface area contributed by atoms with E-state index in [9.17, 15) is 9.59 Å². The standard InChI is InChI=1S/C26H34ClN5O2/c1-21(26(34)32-17-13-29(14-18-32)19-22-7-3-2-4-8-22)31-15-11-30(12-16-31)20-25(33)28-24-10-6-5-9-23(24)27/h2-10,21H,11-20H2,1H3,(H,28,33). The molecule has 182 valence electrons. The lowest BCUT2D eigenvalue weighted by Crippen LogP contribution is -2.57. The molecule has 0 radical (unpaired) electrons. The van der Waals surface area contributed by atoms with Gasteiger partial charge in [-0.2, -0.15) is 0 Å². The van der Waals surface area contributed by atoms with Crippen molar-refractivity contribution < 1.29 is 9.59 Å². The molecule has 0 aromatic heterocycles. The van der Waals surface area contributed by atoms with Gasteiger partial charge in [-0.1, -0.05) is 54.1 Å². The van der Waals surface area contributed by atoms with Crippen molar-refractivity contribution in [3.8, 4) is 0 Å². The van der Waals surface area contributed by atoms with Crippen molar-refractivity contribution in [3.63, 3.8) is 0 Å². The van der Waals surface area contributed by atoms with Crippen LogP contribution in [-0.4, -0.2) is 96.4 Å². The Bertz CT molecular complexity index is 957. The Kier molecular flexibility index (Phi) is 8.56. The maximum atomic E-state index is 13.1. The fourth-order valence-corrected chi connectivity index (χ4v) is 4.84. The molecular weight excluding hydrogens is 450 g/mol. The highest BCUT2D eigenvalue weighted by Gasteiger charge is 2.30. The number of hydrogen-bond acceptors (Lipinski definition) is 5. The minimum Gasteiger partial charge on any atom is -0.339 e. The highest BCUT2D eigenvalue weighted by molar-refractivity contribution is 6.33. The van der Waals surface area contributed by atoms with Crippen LogP contribution in [0.5, 0.6) is 0 Å². The van der Waals surface area contributed by atoms with Gasteiger partial charge in [-0.15, -0.1) is 0 Å². The number of amides is 2. The van der Waals surface area contributed by atoms with Crippen molar-refractivity contribution in [2.75, 3.05) is 64.2 Å². The number of benzene rings is 2. The zero-order chi connectivity index (χ0) is 23.9. The summed E-state index contributed by atoms with van der Waals surface area (Å²) < 4.78 is 0. The summed E-state index contributed by atoms with van der Waals surface area (Å²) in [6, 6.07) is 17.6. The Morgan fingerprint density at radius 1 is 0.853 bits per heavy atom. The first-order valence-electron chi connectivity index (χ1n) is 12.1. The molecular formula is C26H34ClN5O2. The Hall–Kier alpha value is -2.45. The fraction of sp³-hybridized carbons (Fsp3) is 0.462. The van der Waals surface area contributed by atoms with Crippen LogP contribution in [0.2, 0.25) is 5.02 Å². The molecule has 4 rings (SSSR count). The predicted molar refractivity (Wildman–Crippen MR) is 136 cm³/mol. The maximum Gasteiger partial charge on any atom is 0.239 e. The van der Waals surface area contributed by atoms with Crippen LogP contribution < -0.4 is 5.32 Å². The molecule has 0 aliphatic carbocycles. The first-order chi connectivity index (χ1) is 16.5. The Balaban J connectivity index is 1.18. The van der Waals surface area contributed by atoms with Gasteiger partial charge in [0.05, 0.1) is 23.3 Å². The first kappa shape index (κ1) is 24.7. The van der Waals surface area contributed by atoms with Crippen LogP contribution >= 0.6 is 11.6 Å². The molecule has 7 nitrogen and oxygen atoms in total. The smallest absolute Gasteiger partial charge is 0.239 e. The summed E-state index contributed by atoms with van der Waals surface area (Å²) in [5, 5.41) is 3.42. The summed E-state index contributed by atoms with van der Waals surface area (Å²) >= 11 is 6.13. The average Bonchev–Trinajstić information content (AvgIpc) is 2.86. The Morgan fingerprint density at radius 3 is 2.15 bits per heavy atom. The van der Waals surface area contributed by atoms with Gasteiger partial charge in [0.25, 0.3) is 0 Å². The molecule has 0 spiro atoms. The van der Waals surface area contributed by atoms with E-state index in [2.05, 4.69) is 44.3 Å². The quantitative estimate of drug-likeness (QED) is 0.656. The van der Waals surface area contributed by atoms with Crippen molar-refractivity contribution >= 4 is 29.1 Å². The summed E-state index contributed by atoms with van der Waals surface area (Å²) in [6.45, 7) is 9.71. The van der Waals surface area contributed by atoms with E-state index >= 15 is 0 Å². The summed E-state index contributed by atoms with van der Waals surface area (Å²) in [6.07, 6.45) is 0. The number of hydrogen-bond donors (Lipinski definition) is 1. The second-order valence-electron chi connectivity index (χ2n) is 9.10. The number of carbonyl (C=O) groups excluding carboxylic acids is 2. The molecule has 2 aliphatic rings. The minimum absolute atomic E-state index is 0.0703. The highest BCUT2D eigenvalue weighted by atomic mass is 35.5. The summed E-state index contributed by atoms with van der Waals surface area (Å²) in [4.78, 5) is 34.3. The molecule has 2 aromatic carbocycles. The number of nitrogens with one attached hydrogen (secondary N) is 1. The largest absolute Gasteiger partial charge is 0.339 e. The molecule has 1 unspecified atom stereocenters. The lowest BCUT2D eigenvalue weighted by atomic mass is 10.1. The number of halogens is 1. The van der Waals surface area contributed by atoms with Gasteiger partial charge in [0, 0.05) is 58.9 Å². The van der Waals surface area contributed by atoms with E-state index in [1.54, 1.807) is 12.1 Å². The normalized spacial score (nSPS) is 19.1.